The van der Waals surface area contributed by atoms with E-state index in [-0.39, 0.29) is 0 Å². The first kappa shape index (κ1) is 34.5. The van der Waals surface area contributed by atoms with Gasteiger partial charge in [-0.05, 0) is 107 Å². The zero-order valence-corrected chi connectivity index (χ0v) is 32.5. The van der Waals surface area contributed by atoms with E-state index in [2.05, 4.69) is 241 Å². The Bertz CT molecular complexity index is 3320. The maximum absolute atomic E-state index is 2.48. The molecule has 0 aromatic heterocycles. The molecule has 0 heterocycles. The van der Waals surface area contributed by atoms with Crippen LogP contribution in [-0.4, -0.2) is 0 Å². The lowest BCUT2D eigenvalue weighted by Gasteiger charge is -2.30. The molecule has 59 heavy (non-hydrogen) atoms. The predicted octanol–water partition coefficient (Wildman–Crippen LogP) is 16.4. The lowest BCUT2D eigenvalue weighted by Crippen LogP contribution is -2.12. The fourth-order valence-corrected chi connectivity index (χ4v) is 9.15. The second-order valence-electron chi connectivity index (χ2n) is 15.2. The van der Waals surface area contributed by atoms with Gasteiger partial charge in [0.25, 0.3) is 0 Å². The second kappa shape index (κ2) is 14.6. The van der Waals surface area contributed by atoms with Crippen LogP contribution in [0.25, 0.3) is 87.6 Å². The van der Waals surface area contributed by atoms with Crippen LogP contribution in [0.1, 0.15) is 0 Å². The first-order valence-corrected chi connectivity index (χ1v) is 20.3. The third-order valence-corrected chi connectivity index (χ3v) is 11.9. The molecule has 0 N–H and O–H groups in total. The molecule has 0 radical (unpaired) electrons. The van der Waals surface area contributed by atoms with Crippen LogP contribution in [0.4, 0.5) is 17.1 Å². The van der Waals surface area contributed by atoms with E-state index in [0.717, 1.165) is 22.6 Å². The Labute approximate surface area is 344 Å². The quantitative estimate of drug-likeness (QED) is 0.147. The Balaban J connectivity index is 1.14. The highest BCUT2D eigenvalue weighted by molar-refractivity contribution is 6.16. The smallest absolute Gasteiger partial charge is 0.0546 e. The monoisotopic (exact) mass is 749 g/mol. The van der Waals surface area contributed by atoms with Crippen molar-refractivity contribution in [1.82, 2.24) is 0 Å². The number of hydrogen-bond acceptors (Lipinski definition) is 1. The normalized spacial score (nSPS) is 11.4. The van der Waals surface area contributed by atoms with Crippen LogP contribution in [0.2, 0.25) is 0 Å². The number of rotatable bonds is 7. The van der Waals surface area contributed by atoms with Crippen molar-refractivity contribution < 1.29 is 0 Å². The Hall–Kier alpha value is -7.74. The Morgan fingerprint density at radius 3 is 1.31 bits per heavy atom. The summed E-state index contributed by atoms with van der Waals surface area (Å²) in [5.41, 5.74) is 12.9. The summed E-state index contributed by atoms with van der Waals surface area (Å²) in [6.07, 6.45) is 0. The van der Waals surface area contributed by atoms with Crippen LogP contribution in [0.5, 0.6) is 0 Å². The van der Waals surface area contributed by atoms with Crippen molar-refractivity contribution in [3.05, 3.63) is 237 Å². The summed E-state index contributed by atoms with van der Waals surface area (Å²) in [5, 5.41) is 9.95. The van der Waals surface area contributed by atoms with E-state index in [1.807, 2.05) is 0 Å². The zero-order chi connectivity index (χ0) is 39.1. The minimum atomic E-state index is 1.09. The van der Waals surface area contributed by atoms with Gasteiger partial charge in [-0.1, -0.05) is 206 Å². The minimum Gasteiger partial charge on any atom is -0.309 e. The molecule has 0 aliphatic carbocycles. The Morgan fingerprint density at radius 2 is 0.644 bits per heavy atom. The highest BCUT2D eigenvalue weighted by atomic mass is 15.1. The number of anilines is 3. The van der Waals surface area contributed by atoms with Gasteiger partial charge < -0.3 is 4.90 Å². The largest absolute Gasteiger partial charge is 0.309 e. The predicted molar refractivity (Wildman–Crippen MR) is 253 cm³/mol. The van der Waals surface area contributed by atoms with Crippen molar-refractivity contribution in [2.45, 2.75) is 0 Å². The van der Waals surface area contributed by atoms with Gasteiger partial charge in [0.05, 0.1) is 11.4 Å². The van der Waals surface area contributed by atoms with E-state index in [4.69, 9.17) is 0 Å². The topological polar surface area (TPSA) is 3.24 Å². The summed E-state index contributed by atoms with van der Waals surface area (Å²) in [6, 6.07) is 86.3. The van der Waals surface area contributed by atoms with Crippen molar-refractivity contribution >= 4 is 60.2 Å². The van der Waals surface area contributed by atoms with Gasteiger partial charge in [0, 0.05) is 16.6 Å². The summed E-state index contributed by atoms with van der Waals surface area (Å²) in [6.45, 7) is 0. The molecule has 11 aromatic carbocycles. The fraction of sp³-hybridized carbons (Fsp3) is 0. The van der Waals surface area contributed by atoms with Gasteiger partial charge in [-0.3, -0.25) is 0 Å². The molecular weight excluding hydrogens is 711 g/mol. The lowest BCUT2D eigenvalue weighted by atomic mass is 9.88. The average molecular weight is 750 g/mol. The van der Waals surface area contributed by atoms with Gasteiger partial charge in [-0.15, -0.1) is 0 Å². The fourth-order valence-electron chi connectivity index (χ4n) is 9.15. The van der Waals surface area contributed by atoms with Crippen molar-refractivity contribution in [3.8, 4) is 44.5 Å². The molecule has 0 atom stereocenters. The number of nitrogens with zero attached hydrogens (tertiary/aromatic N) is 1. The first-order valence-electron chi connectivity index (χ1n) is 20.3. The Morgan fingerprint density at radius 1 is 0.220 bits per heavy atom. The molecule has 11 rings (SSSR count). The molecule has 0 aliphatic heterocycles. The molecule has 0 unspecified atom stereocenters. The number of para-hydroxylation sites is 1. The maximum Gasteiger partial charge on any atom is 0.0546 e. The van der Waals surface area contributed by atoms with Crippen molar-refractivity contribution in [2.24, 2.45) is 0 Å². The van der Waals surface area contributed by atoms with Crippen molar-refractivity contribution in [1.29, 1.82) is 0 Å². The van der Waals surface area contributed by atoms with Gasteiger partial charge in [0.1, 0.15) is 0 Å². The molecule has 0 amide bonds. The zero-order valence-electron chi connectivity index (χ0n) is 32.5. The van der Waals surface area contributed by atoms with E-state index in [1.165, 1.54) is 82.0 Å². The average Bonchev–Trinajstić information content (AvgIpc) is 3.32. The van der Waals surface area contributed by atoms with E-state index < -0.39 is 0 Å². The molecule has 0 aliphatic rings. The van der Waals surface area contributed by atoms with Gasteiger partial charge >= 0.3 is 0 Å². The van der Waals surface area contributed by atoms with Gasteiger partial charge in [0.15, 0.2) is 0 Å². The van der Waals surface area contributed by atoms with E-state index in [1.54, 1.807) is 0 Å². The standard InChI is InChI=1S/C58H39N/c1-2-18-40(19-3-1)45-22-8-9-25-48(45)51-28-11-12-29-52(51)54-31-16-17-33-57(54)59(58-39-43-21-5-7-24-47(43)50-27-14-15-32-55(50)58)44-36-34-41(35-37-44)56-38-42-20-4-6-23-46(42)49-26-10-13-30-53(49)56/h1-39H. The van der Waals surface area contributed by atoms with Gasteiger partial charge in [-0.25, -0.2) is 0 Å². The molecule has 0 saturated heterocycles. The van der Waals surface area contributed by atoms with Gasteiger partial charge in [-0.2, -0.15) is 0 Å². The van der Waals surface area contributed by atoms with Crippen LogP contribution in [0, 0.1) is 0 Å². The first-order chi connectivity index (χ1) is 29.3. The lowest BCUT2D eigenvalue weighted by molar-refractivity contribution is 1.30. The highest BCUT2D eigenvalue weighted by Gasteiger charge is 2.22. The molecule has 1 nitrogen and oxygen atoms in total. The van der Waals surface area contributed by atoms with E-state index >= 15 is 0 Å². The Kier molecular flexibility index (Phi) is 8.56. The summed E-state index contributed by atoms with van der Waals surface area (Å²) in [7, 11) is 0. The molecule has 0 fully saturated rings. The molecular formula is C58H39N. The van der Waals surface area contributed by atoms with Crippen molar-refractivity contribution in [2.75, 3.05) is 4.90 Å². The van der Waals surface area contributed by atoms with Crippen LogP contribution in [0.15, 0.2) is 237 Å². The maximum atomic E-state index is 2.48. The number of hydrogen-bond donors (Lipinski definition) is 0. The van der Waals surface area contributed by atoms with Crippen LogP contribution in [-0.2, 0) is 0 Å². The molecule has 0 bridgehead atoms. The molecule has 11 aromatic rings. The summed E-state index contributed by atoms with van der Waals surface area (Å²) in [4.78, 5) is 2.48. The number of benzene rings is 11. The minimum absolute atomic E-state index is 1.09. The molecule has 0 spiro atoms. The summed E-state index contributed by atoms with van der Waals surface area (Å²) < 4.78 is 0. The van der Waals surface area contributed by atoms with E-state index in [0.29, 0.717) is 0 Å². The summed E-state index contributed by atoms with van der Waals surface area (Å²) in [5.74, 6) is 0. The van der Waals surface area contributed by atoms with Crippen LogP contribution in [0.3, 0.4) is 0 Å². The molecule has 276 valence electrons. The van der Waals surface area contributed by atoms with Crippen LogP contribution >= 0.6 is 0 Å². The third-order valence-electron chi connectivity index (χ3n) is 11.9. The summed E-state index contributed by atoms with van der Waals surface area (Å²) >= 11 is 0. The number of fused-ring (bicyclic) bond motifs is 6. The third kappa shape index (κ3) is 6.04. The van der Waals surface area contributed by atoms with Crippen molar-refractivity contribution in [3.63, 3.8) is 0 Å². The van der Waals surface area contributed by atoms with Gasteiger partial charge in [0.2, 0.25) is 0 Å². The SMILES string of the molecule is c1ccc(-c2ccccc2-c2ccccc2-c2ccccc2N(c2ccc(-c3cc4ccccc4c4ccccc34)cc2)c2cc3ccccc3c3ccccc23)cc1. The highest BCUT2D eigenvalue weighted by Crippen LogP contribution is 2.48. The van der Waals surface area contributed by atoms with E-state index in [9.17, 15) is 0 Å². The molecule has 0 saturated carbocycles. The molecule has 1 heteroatoms. The van der Waals surface area contributed by atoms with Crippen LogP contribution < -0.4 is 4.90 Å². The second-order valence-corrected chi connectivity index (χ2v) is 15.2.